The number of primary amides is 1. The van der Waals surface area contributed by atoms with Crippen LogP contribution in [0.2, 0.25) is 5.02 Å². The predicted molar refractivity (Wildman–Crippen MR) is 143 cm³/mol. The first-order chi connectivity index (χ1) is 17.7. The molecule has 1 aromatic heterocycles. The van der Waals surface area contributed by atoms with Crippen LogP contribution in [0.3, 0.4) is 0 Å². The maximum atomic E-state index is 13.6. The van der Waals surface area contributed by atoms with Crippen LogP contribution in [0.25, 0.3) is 21.9 Å². The molecule has 4 aromatic rings. The molecule has 0 spiro atoms. The Morgan fingerprint density at radius 1 is 0.973 bits per heavy atom. The lowest BCUT2D eigenvalue weighted by molar-refractivity contribution is -0.124. The van der Waals surface area contributed by atoms with Crippen molar-refractivity contribution in [1.29, 1.82) is 0 Å². The highest BCUT2D eigenvalue weighted by Crippen LogP contribution is 2.32. The summed E-state index contributed by atoms with van der Waals surface area (Å²) >= 11 is 6.08. The monoisotopic (exact) mass is 517 g/mol. The number of para-hydroxylation sites is 1. The molecule has 0 fully saturated rings. The lowest BCUT2D eigenvalue weighted by Gasteiger charge is -2.20. The van der Waals surface area contributed by atoms with Gasteiger partial charge in [-0.25, -0.2) is 4.79 Å². The summed E-state index contributed by atoms with van der Waals surface area (Å²) in [5, 5.41) is 4.12. The first kappa shape index (κ1) is 25.7. The highest BCUT2D eigenvalue weighted by molar-refractivity contribution is 6.30. The Balaban J connectivity index is 1.76. The minimum atomic E-state index is -1.20. The Hall–Kier alpha value is -4.43. The number of nitrogens with one attached hydrogen (secondary N) is 1. The molecule has 2 amide bonds. The average molecular weight is 518 g/mol. The Labute approximate surface area is 217 Å². The van der Waals surface area contributed by atoms with E-state index < -0.39 is 23.9 Å². The van der Waals surface area contributed by atoms with Crippen molar-refractivity contribution in [1.82, 2.24) is 4.57 Å². The van der Waals surface area contributed by atoms with Crippen LogP contribution in [0.5, 0.6) is 0 Å². The fourth-order valence-electron chi connectivity index (χ4n) is 4.14. The Morgan fingerprint density at radius 3 is 2.24 bits per heavy atom. The number of hydrogen-bond acceptors (Lipinski definition) is 5. The first-order valence-electron chi connectivity index (χ1n) is 11.5. The molecule has 0 saturated carbocycles. The summed E-state index contributed by atoms with van der Waals surface area (Å²) in [5.74, 6) is -2.19. The van der Waals surface area contributed by atoms with Gasteiger partial charge in [-0.05, 0) is 47.7 Å². The quantitative estimate of drug-likeness (QED) is 0.349. The van der Waals surface area contributed by atoms with Crippen LogP contribution < -0.4 is 16.6 Å². The molecule has 3 aromatic carbocycles. The summed E-state index contributed by atoms with van der Waals surface area (Å²) in [6.07, 6.45) is -1.05. The molecule has 3 N–H and O–H groups in total. The lowest BCUT2D eigenvalue weighted by atomic mass is 9.96. The maximum Gasteiger partial charge on any atom is 0.356 e. The smallest absolute Gasteiger partial charge is 0.356 e. The zero-order valence-electron chi connectivity index (χ0n) is 20.2. The highest BCUT2D eigenvalue weighted by atomic mass is 35.5. The van der Waals surface area contributed by atoms with Gasteiger partial charge in [0.2, 0.25) is 0 Å². The van der Waals surface area contributed by atoms with Crippen molar-refractivity contribution in [3.63, 3.8) is 0 Å². The van der Waals surface area contributed by atoms with Crippen LogP contribution in [-0.2, 0) is 16.6 Å². The minimum absolute atomic E-state index is 0.00481. The van der Waals surface area contributed by atoms with Crippen LogP contribution >= 0.6 is 11.6 Å². The molecule has 1 atom stereocenters. The van der Waals surface area contributed by atoms with E-state index in [0.717, 1.165) is 0 Å². The fraction of sp³-hybridized carbons (Fsp3) is 0.143. The van der Waals surface area contributed by atoms with E-state index in [9.17, 15) is 19.2 Å². The summed E-state index contributed by atoms with van der Waals surface area (Å²) in [4.78, 5) is 51.4. The van der Waals surface area contributed by atoms with Gasteiger partial charge < -0.3 is 20.4 Å². The standard InChI is InChI=1S/C28H24ClN3O5/c1-3-22(26(34)31-21-11-7-6-10-20(21)25(30)33)37-28(36)24-23(16-12-14-17(29)15-13-16)18-8-4-5-9-19(18)27(35)32(24)2/h4-15,22H,3H2,1-2H3,(H2,30,33)(H,31,34). The number of benzene rings is 3. The van der Waals surface area contributed by atoms with E-state index >= 15 is 0 Å². The van der Waals surface area contributed by atoms with Crippen molar-refractivity contribution >= 4 is 45.8 Å². The molecule has 0 saturated heterocycles. The van der Waals surface area contributed by atoms with E-state index in [1.54, 1.807) is 67.6 Å². The molecule has 188 valence electrons. The number of carbonyl (C=O) groups excluding carboxylic acids is 3. The van der Waals surface area contributed by atoms with Crippen molar-refractivity contribution < 1.29 is 19.1 Å². The third-order valence-electron chi connectivity index (χ3n) is 5.99. The van der Waals surface area contributed by atoms with Crippen molar-refractivity contribution in [2.24, 2.45) is 12.8 Å². The van der Waals surface area contributed by atoms with Crippen LogP contribution in [0.4, 0.5) is 5.69 Å². The maximum absolute atomic E-state index is 13.6. The van der Waals surface area contributed by atoms with E-state index in [0.29, 0.717) is 26.9 Å². The molecule has 1 unspecified atom stereocenters. The summed E-state index contributed by atoms with van der Waals surface area (Å²) in [7, 11) is 1.48. The third-order valence-corrected chi connectivity index (χ3v) is 6.24. The van der Waals surface area contributed by atoms with Crippen molar-refractivity contribution in [3.05, 3.63) is 99.4 Å². The molecule has 9 heteroatoms. The van der Waals surface area contributed by atoms with E-state index in [2.05, 4.69) is 5.32 Å². The van der Waals surface area contributed by atoms with E-state index in [4.69, 9.17) is 22.1 Å². The zero-order valence-corrected chi connectivity index (χ0v) is 20.9. The van der Waals surface area contributed by atoms with E-state index in [1.807, 2.05) is 0 Å². The second-order valence-corrected chi connectivity index (χ2v) is 8.78. The van der Waals surface area contributed by atoms with Gasteiger partial charge in [-0.3, -0.25) is 14.4 Å². The molecule has 0 aliphatic rings. The molecular formula is C28H24ClN3O5. The molecule has 1 heterocycles. The Kier molecular flexibility index (Phi) is 7.40. The number of esters is 1. The number of amides is 2. The average Bonchev–Trinajstić information content (AvgIpc) is 2.89. The van der Waals surface area contributed by atoms with Gasteiger partial charge >= 0.3 is 5.97 Å². The first-order valence-corrected chi connectivity index (χ1v) is 11.9. The van der Waals surface area contributed by atoms with Crippen LogP contribution in [-0.4, -0.2) is 28.5 Å². The number of halogens is 1. The number of rotatable bonds is 7. The van der Waals surface area contributed by atoms with Crippen molar-refractivity contribution in [2.75, 3.05) is 5.32 Å². The second-order valence-electron chi connectivity index (χ2n) is 8.34. The largest absolute Gasteiger partial charge is 0.448 e. The number of ether oxygens (including phenoxy) is 1. The van der Waals surface area contributed by atoms with Gasteiger partial charge in [-0.1, -0.05) is 61.0 Å². The zero-order chi connectivity index (χ0) is 26.7. The van der Waals surface area contributed by atoms with Crippen molar-refractivity contribution in [3.8, 4) is 11.1 Å². The fourth-order valence-corrected chi connectivity index (χ4v) is 4.27. The third kappa shape index (κ3) is 5.10. The predicted octanol–water partition coefficient (Wildman–Crippen LogP) is 4.53. The molecule has 8 nitrogen and oxygen atoms in total. The molecule has 0 radical (unpaired) electrons. The van der Waals surface area contributed by atoms with Crippen LogP contribution in [0.1, 0.15) is 34.2 Å². The van der Waals surface area contributed by atoms with Gasteiger partial charge in [0.15, 0.2) is 6.10 Å². The highest BCUT2D eigenvalue weighted by Gasteiger charge is 2.28. The minimum Gasteiger partial charge on any atom is -0.448 e. The van der Waals surface area contributed by atoms with Crippen LogP contribution in [0, 0.1) is 0 Å². The Morgan fingerprint density at radius 2 is 1.59 bits per heavy atom. The number of aromatic nitrogens is 1. The summed E-state index contributed by atoms with van der Waals surface area (Å²) in [6, 6.07) is 20.1. The summed E-state index contributed by atoms with van der Waals surface area (Å²) < 4.78 is 6.86. The number of fused-ring (bicyclic) bond motifs is 1. The number of nitrogens with two attached hydrogens (primary N) is 1. The van der Waals surface area contributed by atoms with Crippen molar-refractivity contribution in [2.45, 2.75) is 19.4 Å². The van der Waals surface area contributed by atoms with Crippen LogP contribution in [0.15, 0.2) is 77.6 Å². The number of pyridine rings is 1. The van der Waals surface area contributed by atoms with E-state index in [1.165, 1.54) is 23.7 Å². The molecule has 4 rings (SSSR count). The SMILES string of the molecule is CCC(OC(=O)c1c(-c2ccc(Cl)cc2)c2ccccc2c(=O)n1C)C(=O)Nc1ccccc1C(N)=O. The van der Waals surface area contributed by atoms with Gasteiger partial charge in [0, 0.05) is 23.0 Å². The molecule has 0 aliphatic heterocycles. The number of carbonyl (C=O) groups is 3. The molecule has 0 bridgehead atoms. The topological polar surface area (TPSA) is 120 Å². The van der Waals surface area contributed by atoms with Gasteiger partial charge in [-0.15, -0.1) is 0 Å². The number of hydrogen-bond donors (Lipinski definition) is 2. The molecule has 37 heavy (non-hydrogen) atoms. The van der Waals surface area contributed by atoms with Gasteiger partial charge in [0.05, 0.1) is 11.3 Å². The number of nitrogens with zero attached hydrogens (tertiary/aromatic N) is 1. The van der Waals surface area contributed by atoms with Gasteiger partial charge in [-0.2, -0.15) is 0 Å². The summed E-state index contributed by atoms with van der Waals surface area (Å²) in [5.41, 5.74) is 6.47. The second kappa shape index (κ2) is 10.7. The molecule has 0 aliphatic carbocycles. The summed E-state index contributed by atoms with van der Waals surface area (Å²) in [6.45, 7) is 1.68. The van der Waals surface area contributed by atoms with Gasteiger partial charge in [0.1, 0.15) is 5.69 Å². The molecular weight excluding hydrogens is 494 g/mol. The van der Waals surface area contributed by atoms with E-state index in [-0.39, 0.29) is 28.9 Å². The number of anilines is 1. The normalized spacial score (nSPS) is 11.6. The lowest BCUT2D eigenvalue weighted by Crippen LogP contribution is -2.34. The van der Waals surface area contributed by atoms with Gasteiger partial charge in [0.25, 0.3) is 17.4 Å². The Bertz CT molecular complexity index is 1580.